The van der Waals surface area contributed by atoms with E-state index in [-0.39, 0.29) is 30.7 Å². The summed E-state index contributed by atoms with van der Waals surface area (Å²) >= 11 is 0. The molecule has 0 aliphatic carbocycles. The van der Waals surface area contributed by atoms with Gasteiger partial charge in [0.1, 0.15) is 24.3 Å². The van der Waals surface area contributed by atoms with Gasteiger partial charge in [-0.3, -0.25) is 14.5 Å². The first-order valence-corrected chi connectivity index (χ1v) is 12.5. The average Bonchev–Trinajstić information content (AvgIpc) is 3.40. The Balaban J connectivity index is 1.08. The van der Waals surface area contributed by atoms with Crippen molar-refractivity contribution in [3.63, 3.8) is 0 Å². The van der Waals surface area contributed by atoms with Crippen molar-refractivity contribution in [1.82, 2.24) is 10.0 Å². The number of aliphatic imine (C=N–C) groups is 1. The molecule has 2 aromatic carbocycles. The second-order valence-electron chi connectivity index (χ2n) is 7.93. The number of carbonyl (C=O) groups is 1. The van der Waals surface area contributed by atoms with Crippen LogP contribution in [0.15, 0.2) is 52.4 Å². The molecule has 0 saturated heterocycles. The van der Waals surface area contributed by atoms with Crippen molar-refractivity contribution in [2.45, 2.75) is 36.7 Å². The third-order valence-corrected chi connectivity index (χ3v) is 6.71. The van der Waals surface area contributed by atoms with E-state index in [0.717, 1.165) is 12.8 Å². The van der Waals surface area contributed by atoms with E-state index in [0.29, 0.717) is 48.0 Å². The Bertz CT molecular complexity index is 1170. The smallest absolute Gasteiger partial charge is 0.263 e. The van der Waals surface area contributed by atoms with Crippen molar-refractivity contribution in [2.24, 2.45) is 4.99 Å². The van der Waals surface area contributed by atoms with Gasteiger partial charge in [0.2, 0.25) is 12.7 Å². The fraction of sp³-hybridized carbons (Fsp3) is 0.391. The molecule has 3 N–H and O–H groups in total. The molecule has 1 atom stereocenters. The highest BCUT2D eigenvalue weighted by molar-refractivity contribution is 7.90. The van der Waals surface area contributed by atoms with Gasteiger partial charge in [-0.05, 0) is 37.1 Å². The summed E-state index contributed by atoms with van der Waals surface area (Å²) in [6, 6.07) is 11.9. The summed E-state index contributed by atoms with van der Waals surface area (Å²) in [5, 5.41) is 12.7. The lowest BCUT2D eigenvalue weighted by molar-refractivity contribution is -0.121. The van der Waals surface area contributed by atoms with Crippen molar-refractivity contribution in [3.8, 4) is 17.2 Å². The van der Waals surface area contributed by atoms with Gasteiger partial charge in [0.05, 0.1) is 4.90 Å². The number of nitrogens with zero attached hydrogens (tertiary/aromatic N) is 1. The van der Waals surface area contributed by atoms with E-state index in [4.69, 9.17) is 14.2 Å². The topological polar surface area (TPSA) is 136 Å². The summed E-state index contributed by atoms with van der Waals surface area (Å²) in [4.78, 5) is 16.6. The van der Waals surface area contributed by atoms with Gasteiger partial charge in [0.15, 0.2) is 11.5 Å². The third kappa shape index (κ3) is 5.97. The lowest BCUT2D eigenvalue weighted by Gasteiger charge is -2.13. The van der Waals surface area contributed by atoms with Crippen LogP contribution >= 0.6 is 0 Å². The number of amidine groups is 1. The SMILES string of the molecule is O=C(CCCCCN=C1NS(=O)(=O)c2ccccc21)NCC(O)COc1ccc2c(c1)OCO2. The number of unbranched alkanes of at least 4 members (excludes halogenated alkanes) is 2. The molecule has 2 aliphatic heterocycles. The number of amides is 1. The first-order chi connectivity index (χ1) is 16.4. The number of fused-ring (bicyclic) bond motifs is 2. The zero-order chi connectivity index (χ0) is 24.0. The van der Waals surface area contributed by atoms with Crippen molar-refractivity contribution in [1.29, 1.82) is 0 Å². The third-order valence-electron chi connectivity index (χ3n) is 5.32. The maximum atomic E-state index is 12.1. The Hall–Kier alpha value is -3.31. The van der Waals surface area contributed by atoms with Gasteiger partial charge in [-0.1, -0.05) is 18.6 Å². The molecule has 182 valence electrons. The minimum atomic E-state index is -3.52. The van der Waals surface area contributed by atoms with Crippen molar-refractivity contribution < 1.29 is 32.5 Å². The van der Waals surface area contributed by atoms with Crippen LogP contribution in [0.5, 0.6) is 17.2 Å². The number of aliphatic hydroxyl groups excluding tert-OH is 1. The molecule has 1 unspecified atom stereocenters. The van der Waals surface area contributed by atoms with Crippen LogP contribution in [-0.2, 0) is 14.8 Å². The number of carbonyl (C=O) groups excluding carboxylic acids is 1. The van der Waals surface area contributed by atoms with E-state index >= 15 is 0 Å². The van der Waals surface area contributed by atoms with Crippen molar-refractivity contribution >= 4 is 21.8 Å². The molecule has 0 fully saturated rings. The molecule has 0 radical (unpaired) electrons. The second-order valence-corrected chi connectivity index (χ2v) is 9.58. The molecule has 0 spiro atoms. The fourth-order valence-electron chi connectivity index (χ4n) is 3.55. The highest BCUT2D eigenvalue weighted by atomic mass is 32.2. The van der Waals surface area contributed by atoms with E-state index in [2.05, 4.69) is 15.0 Å². The summed E-state index contributed by atoms with van der Waals surface area (Å²) in [6.45, 7) is 0.769. The average molecular weight is 490 g/mol. The number of rotatable bonds is 11. The Labute approximate surface area is 198 Å². The van der Waals surface area contributed by atoms with Crippen molar-refractivity contribution in [3.05, 3.63) is 48.0 Å². The van der Waals surface area contributed by atoms with Crippen LogP contribution in [0.1, 0.15) is 31.2 Å². The molecule has 0 saturated carbocycles. The van der Waals surface area contributed by atoms with Gasteiger partial charge in [0.25, 0.3) is 10.0 Å². The molecule has 0 aromatic heterocycles. The summed E-state index contributed by atoms with van der Waals surface area (Å²) in [5.74, 6) is 2.02. The maximum Gasteiger partial charge on any atom is 0.263 e. The lowest BCUT2D eigenvalue weighted by atomic mass is 10.2. The Morgan fingerprint density at radius 2 is 1.97 bits per heavy atom. The highest BCUT2D eigenvalue weighted by Gasteiger charge is 2.29. The Morgan fingerprint density at radius 1 is 1.15 bits per heavy atom. The van der Waals surface area contributed by atoms with E-state index in [1.165, 1.54) is 0 Å². The van der Waals surface area contributed by atoms with Gasteiger partial charge >= 0.3 is 0 Å². The van der Waals surface area contributed by atoms with Crippen LogP contribution in [-0.4, -0.2) is 57.9 Å². The van der Waals surface area contributed by atoms with E-state index in [1.807, 2.05) is 0 Å². The predicted molar refractivity (Wildman–Crippen MR) is 124 cm³/mol. The quantitative estimate of drug-likeness (QED) is 0.408. The zero-order valence-corrected chi connectivity index (χ0v) is 19.3. The molecule has 2 aromatic rings. The molecular weight excluding hydrogens is 462 g/mol. The highest BCUT2D eigenvalue weighted by Crippen LogP contribution is 2.35. The number of benzene rings is 2. The van der Waals surface area contributed by atoms with Crippen LogP contribution in [0.25, 0.3) is 0 Å². The summed E-state index contributed by atoms with van der Waals surface area (Å²) in [7, 11) is -3.52. The second kappa shape index (κ2) is 10.7. The molecule has 4 rings (SSSR count). The Kier molecular flexibility index (Phi) is 7.53. The number of sulfonamides is 1. The molecule has 0 bridgehead atoms. The molecule has 10 nitrogen and oxygen atoms in total. The first-order valence-electron chi connectivity index (χ1n) is 11.1. The van der Waals surface area contributed by atoms with Gasteiger partial charge in [-0.2, -0.15) is 0 Å². The van der Waals surface area contributed by atoms with E-state index < -0.39 is 16.1 Å². The number of ether oxygens (including phenoxy) is 3. The number of hydrogen-bond acceptors (Lipinski definition) is 8. The molecule has 2 aliphatic rings. The van der Waals surface area contributed by atoms with Crippen LogP contribution < -0.4 is 24.2 Å². The van der Waals surface area contributed by atoms with Crippen LogP contribution in [0.3, 0.4) is 0 Å². The Morgan fingerprint density at radius 3 is 2.85 bits per heavy atom. The predicted octanol–water partition coefficient (Wildman–Crippen LogP) is 1.57. The minimum Gasteiger partial charge on any atom is -0.491 e. The van der Waals surface area contributed by atoms with E-state index in [1.54, 1.807) is 42.5 Å². The summed E-state index contributed by atoms with van der Waals surface area (Å²) in [6.07, 6.45) is 1.66. The number of nitrogens with one attached hydrogen (secondary N) is 2. The molecule has 2 heterocycles. The van der Waals surface area contributed by atoms with Gasteiger partial charge in [0, 0.05) is 31.1 Å². The first kappa shape index (κ1) is 23.8. The van der Waals surface area contributed by atoms with Crippen molar-refractivity contribution in [2.75, 3.05) is 26.5 Å². The summed E-state index contributed by atoms with van der Waals surface area (Å²) in [5.41, 5.74) is 0.586. The summed E-state index contributed by atoms with van der Waals surface area (Å²) < 4.78 is 42.7. The van der Waals surface area contributed by atoms with Crippen LogP contribution in [0.4, 0.5) is 0 Å². The monoisotopic (exact) mass is 489 g/mol. The van der Waals surface area contributed by atoms with Gasteiger partial charge in [-0.15, -0.1) is 0 Å². The standard InChI is InChI=1S/C23H27N3O7S/c27-16(14-31-17-9-10-19-20(12-17)33-15-32-19)13-25-22(28)8-2-1-5-11-24-23-18-6-3-4-7-21(18)34(29,30)26-23/h3-4,6-7,9-10,12,16,27H,1-2,5,8,11,13-15H2,(H,24,26)(H,25,28). The fourth-order valence-corrected chi connectivity index (χ4v) is 4.81. The molecule has 1 amide bonds. The zero-order valence-electron chi connectivity index (χ0n) is 18.5. The normalized spacial score (nSPS) is 17.1. The van der Waals surface area contributed by atoms with Gasteiger partial charge < -0.3 is 24.6 Å². The molecule has 11 heteroatoms. The van der Waals surface area contributed by atoms with Gasteiger partial charge in [-0.25, -0.2) is 8.42 Å². The molecular formula is C23H27N3O7S. The maximum absolute atomic E-state index is 12.1. The molecule has 34 heavy (non-hydrogen) atoms. The van der Waals surface area contributed by atoms with Crippen LogP contribution in [0.2, 0.25) is 0 Å². The number of aliphatic hydroxyl groups is 1. The number of hydrogen-bond donors (Lipinski definition) is 3. The lowest BCUT2D eigenvalue weighted by Crippen LogP contribution is -2.35. The minimum absolute atomic E-state index is 0.0349. The van der Waals surface area contributed by atoms with Crippen LogP contribution in [0, 0.1) is 0 Å². The largest absolute Gasteiger partial charge is 0.491 e. The van der Waals surface area contributed by atoms with E-state index in [9.17, 15) is 18.3 Å².